The number of halogens is 1. The molecule has 0 saturated heterocycles. The molecule has 106 valence electrons. The van der Waals surface area contributed by atoms with Gasteiger partial charge in [0.1, 0.15) is 6.17 Å². The van der Waals surface area contributed by atoms with Crippen molar-refractivity contribution < 1.29 is 4.39 Å². The Morgan fingerprint density at radius 1 is 1.10 bits per heavy atom. The number of aromatic amines is 1. The van der Waals surface area contributed by atoms with Crippen molar-refractivity contribution in [3.8, 4) is 0 Å². The van der Waals surface area contributed by atoms with Crippen molar-refractivity contribution in [2.24, 2.45) is 0 Å². The molecule has 3 rings (SSSR count). The highest BCUT2D eigenvalue weighted by Gasteiger charge is 2.21. The molecule has 3 aromatic rings. The van der Waals surface area contributed by atoms with E-state index in [1.165, 1.54) is 5.69 Å². The molecule has 0 bridgehead atoms. The third-order valence-electron chi connectivity index (χ3n) is 4.09. The fourth-order valence-electron chi connectivity index (χ4n) is 2.79. The number of benzene rings is 1. The smallest absolute Gasteiger partial charge is 0.118 e. The highest BCUT2D eigenvalue weighted by molar-refractivity contribution is 5.95. The average molecular weight is 273 g/mol. The minimum absolute atomic E-state index is 0.172. The molecule has 0 aliphatic heterocycles. The lowest BCUT2D eigenvalue weighted by Crippen LogP contribution is -2.17. The summed E-state index contributed by atoms with van der Waals surface area (Å²) in [6.07, 6.45) is 0.924. The van der Waals surface area contributed by atoms with Crippen LogP contribution in [0.25, 0.3) is 21.8 Å². The minimum atomic E-state index is -0.886. The molecule has 0 saturated carbocycles. The Hall–Kier alpha value is -1.84. The maximum atomic E-state index is 13.8. The highest BCUT2D eigenvalue weighted by Crippen LogP contribution is 2.32. The average Bonchev–Trinajstić information content (AvgIpc) is 2.97. The number of aromatic nitrogens is 3. The molecule has 1 unspecified atom stereocenters. The van der Waals surface area contributed by atoms with Crippen LogP contribution in [0.2, 0.25) is 0 Å². The summed E-state index contributed by atoms with van der Waals surface area (Å²) in [7, 11) is 0. The number of fused-ring (bicyclic) bond motifs is 2. The maximum Gasteiger partial charge on any atom is 0.118 e. The Labute approximate surface area is 117 Å². The lowest BCUT2D eigenvalue weighted by Gasteiger charge is -2.21. The van der Waals surface area contributed by atoms with Gasteiger partial charge >= 0.3 is 0 Å². The lowest BCUT2D eigenvalue weighted by molar-refractivity contribution is 0.264. The van der Waals surface area contributed by atoms with Gasteiger partial charge in [-0.3, -0.25) is 5.10 Å². The molecule has 0 aliphatic carbocycles. The predicted molar refractivity (Wildman–Crippen MR) is 81.0 cm³/mol. The number of H-pyrrole nitrogens is 1. The molecular weight excluding hydrogens is 253 g/mol. The van der Waals surface area contributed by atoms with Crippen LogP contribution >= 0.6 is 0 Å². The van der Waals surface area contributed by atoms with Crippen LogP contribution in [-0.2, 0) is 0 Å². The number of hydrogen-bond acceptors (Lipinski definition) is 1. The summed E-state index contributed by atoms with van der Waals surface area (Å²) < 4.78 is 16.0. The van der Waals surface area contributed by atoms with Gasteiger partial charge in [0.25, 0.3) is 0 Å². The molecule has 1 N–H and O–H groups in total. The second kappa shape index (κ2) is 4.62. The second-order valence-corrected chi connectivity index (χ2v) is 5.88. The molecule has 0 aliphatic rings. The summed E-state index contributed by atoms with van der Waals surface area (Å²) in [4.78, 5) is 0. The van der Waals surface area contributed by atoms with Crippen LogP contribution in [0.1, 0.15) is 45.3 Å². The van der Waals surface area contributed by atoms with Crippen molar-refractivity contribution in [3.05, 3.63) is 30.1 Å². The zero-order valence-electron chi connectivity index (χ0n) is 12.3. The second-order valence-electron chi connectivity index (χ2n) is 5.88. The number of alkyl halides is 1. The van der Waals surface area contributed by atoms with E-state index >= 15 is 0 Å². The quantitative estimate of drug-likeness (QED) is 0.745. The Kier molecular flexibility index (Phi) is 3.04. The van der Waals surface area contributed by atoms with Gasteiger partial charge in [-0.1, -0.05) is 13.8 Å². The standard InChI is InChI=1S/C16H20FN3/c1-9(2)15-6-12-5-14-13(8-18-19-14)7-16(12)20(15)11(4)10(3)17/h5-11H,1-4H3,(H,18,19)/t10?,11-/m0/s1. The molecule has 0 spiro atoms. The summed E-state index contributed by atoms with van der Waals surface area (Å²) in [6, 6.07) is 6.18. The van der Waals surface area contributed by atoms with Crippen molar-refractivity contribution in [2.45, 2.75) is 45.8 Å². The van der Waals surface area contributed by atoms with Gasteiger partial charge in [-0.25, -0.2) is 4.39 Å². The van der Waals surface area contributed by atoms with Gasteiger partial charge in [0.2, 0.25) is 0 Å². The van der Waals surface area contributed by atoms with E-state index in [0.717, 1.165) is 21.8 Å². The number of nitrogens with zero attached hydrogens (tertiary/aromatic N) is 2. The van der Waals surface area contributed by atoms with Gasteiger partial charge in [0.05, 0.1) is 17.8 Å². The molecule has 4 heteroatoms. The van der Waals surface area contributed by atoms with Gasteiger partial charge in [0.15, 0.2) is 0 Å². The molecule has 0 amide bonds. The minimum Gasteiger partial charge on any atom is -0.339 e. The van der Waals surface area contributed by atoms with Crippen LogP contribution in [0, 0.1) is 0 Å². The topological polar surface area (TPSA) is 33.6 Å². The van der Waals surface area contributed by atoms with Gasteiger partial charge in [-0.15, -0.1) is 0 Å². The van der Waals surface area contributed by atoms with E-state index in [1.54, 1.807) is 6.92 Å². The van der Waals surface area contributed by atoms with Crippen LogP contribution in [-0.4, -0.2) is 20.9 Å². The van der Waals surface area contributed by atoms with Gasteiger partial charge in [0, 0.05) is 22.0 Å². The maximum absolute atomic E-state index is 13.8. The molecule has 2 atom stereocenters. The molecule has 2 aromatic heterocycles. The molecule has 0 fully saturated rings. The lowest BCUT2D eigenvalue weighted by atomic mass is 10.1. The van der Waals surface area contributed by atoms with E-state index in [2.05, 4.69) is 46.8 Å². The number of nitrogens with one attached hydrogen (secondary N) is 1. The van der Waals surface area contributed by atoms with E-state index in [9.17, 15) is 4.39 Å². The Morgan fingerprint density at radius 2 is 1.85 bits per heavy atom. The monoisotopic (exact) mass is 273 g/mol. The number of hydrogen-bond donors (Lipinski definition) is 1. The Morgan fingerprint density at radius 3 is 2.50 bits per heavy atom. The van der Waals surface area contributed by atoms with E-state index in [1.807, 2.05) is 13.1 Å². The van der Waals surface area contributed by atoms with E-state index in [-0.39, 0.29) is 6.04 Å². The van der Waals surface area contributed by atoms with Crippen LogP contribution in [0.3, 0.4) is 0 Å². The summed E-state index contributed by atoms with van der Waals surface area (Å²) in [5, 5.41) is 9.25. The molecular formula is C16H20FN3. The third kappa shape index (κ3) is 1.90. The van der Waals surface area contributed by atoms with Crippen LogP contribution in [0.5, 0.6) is 0 Å². The summed E-state index contributed by atoms with van der Waals surface area (Å²) in [5.41, 5.74) is 3.28. The SMILES string of the molecule is CC(C)c1cc2cc3[nH]ncc3cc2n1[C@@H](C)C(C)F. The van der Waals surface area contributed by atoms with Crippen molar-refractivity contribution in [3.63, 3.8) is 0 Å². The normalized spacial score (nSPS) is 15.3. The first-order valence-electron chi connectivity index (χ1n) is 7.11. The number of rotatable bonds is 3. The summed E-state index contributed by atoms with van der Waals surface area (Å²) >= 11 is 0. The first-order valence-corrected chi connectivity index (χ1v) is 7.11. The largest absolute Gasteiger partial charge is 0.339 e. The van der Waals surface area contributed by atoms with Gasteiger partial charge < -0.3 is 4.57 Å². The van der Waals surface area contributed by atoms with E-state index < -0.39 is 6.17 Å². The fourth-order valence-corrected chi connectivity index (χ4v) is 2.79. The molecule has 2 heterocycles. The first-order chi connectivity index (χ1) is 9.49. The zero-order chi connectivity index (χ0) is 14.4. The fraction of sp³-hybridized carbons (Fsp3) is 0.438. The molecule has 0 radical (unpaired) electrons. The Bertz CT molecular complexity index is 752. The van der Waals surface area contributed by atoms with Crippen molar-refractivity contribution >= 4 is 21.8 Å². The first kappa shape index (κ1) is 13.2. The molecule has 3 nitrogen and oxygen atoms in total. The van der Waals surface area contributed by atoms with Gasteiger partial charge in [-0.05, 0) is 38.0 Å². The van der Waals surface area contributed by atoms with Crippen LogP contribution < -0.4 is 0 Å². The third-order valence-corrected chi connectivity index (χ3v) is 4.09. The van der Waals surface area contributed by atoms with Crippen molar-refractivity contribution in [2.75, 3.05) is 0 Å². The highest BCUT2D eigenvalue weighted by atomic mass is 19.1. The summed E-state index contributed by atoms with van der Waals surface area (Å²) in [5.74, 6) is 0.361. The zero-order valence-corrected chi connectivity index (χ0v) is 12.3. The van der Waals surface area contributed by atoms with Crippen LogP contribution in [0.4, 0.5) is 4.39 Å². The van der Waals surface area contributed by atoms with Crippen molar-refractivity contribution in [1.29, 1.82) is 0 Å². The molecule has 20 heavy (non-hydrogen) atoms. The molecule has 1 aromatic carbocycles. The summed E-state index contributed by atoms with van der Waals surface area (Å²) in [6.45, 7) is 7.86. The Balaban J connectivity index is 2.34. The van der Waals surface area contributed by atoms with Crippen LogP contribution in [0.15, 0.2) is 24.4 Å². The van der Waals surface area contributed by atoms with Crippen molar-refractivity contribution in [1.82, 2.24) is 14.8 Å². The predicted octanol–water partition coefficient (Wildman–Crippen LogP) is 4.56. The van der Waals surface area contributed by atoms with E-state index in [0.29, 0.717) is 5.92 Å². The van der Waals surface area contributed by atoms with Gasteiger partial charge in [-0.2, -0.15) is 5.10 Å². The van der Waals surface area contributed by atoms with E-state index in [4.69, 9.17) is 0 Å².